The van der Waals surface area contributed by atoms with E-state index < -0.39 is 0 Å². The van der Waals surface area contributed by atoms with Crippen LogP contribution in [0, 0.1) is 12.9 Å². The topological polar surface area (TPSA) is 24.9 Å². The molecular formula is C11H15FN2. The van der Waals surface area contributed by atoms with E-state index in [1.165, 1.54) is 12.8 Å². The summed E-state index contributed by atoms with van der Waals surface area (Å²) in [5.74, 6) is -0.324. The Labute approximate surface area is 83.6 Å². The summed E-state index contributed by atoms with van der Waals surface area (Å²) in [5.41, 5.74) is 1.75. The molecule has 0 aliphatic carbocycles. The lowest BCUT2D eigenvalue weighted by Crippen LogP contribution is -2.27. The molecule has 1 fully saturated rings. The van der Waals surface area contributed by atoms with Crippen molar-refractivity contribution in [1.29, 1.82) is 0 Å². The van der Waals surface area contributed by atoms with Gasteiger partial charge < -0.3 is 5.32 Å². The van der Waals surface area contributed by atoms with Crippen LogP contribution >= 0.6 is 0 Å². The first-order valence-corrected chi connectivity index (χ1v) is 5.13. The van der Waals surface area contributed by atoms with Crippen molar-refractivity contribution in [2.24, 2.45) is 0 Å². The zero-order valence-electron chi connectivity index (χ0n) is 8.39. The number of hydrogen-bond donors (Lipinski definition) is 1. The number of aryl methyl sites for hydroxylation is 1. The van der Waals surface area contributed by atoms with Gasteiger partial charge in [0.05, 0.1) is 0 Å². The van der Waals surface area contributed by atoms with Crippen LogP contribution in [0.1, 0.15) is 36.4 Å². The molecule has 1 aromatic heterocycles. The number of hydrogen-bond acceptors (Lipinski definition) is 2. The van der Waals surface area contributed by atoms with Gasteiger partial charge in [0, 0.05) is 17.8 Å². The van der Waals surface area contributed by atoms with Gasteiger partial charge in [-0.15, -0.1) is 0 Å². The van der Waals surface area contributed by atoms with Gasteiger partial charge in [-0.2, -0.15) is 4.39 Å². The summed E-state index contributed by atoms with van der Waals surface area (Å²) in [6, 6.07) is 2.06. The van der Waals surface area contributed by atoms with Crippen LogP contribution in [0.4, 0.5) is 4.39 Å². The van der Waals surface area contributed by atoms with Crippen molar-refractivity contribution >= 4 is 0 Å². The molecule has 2 heterocycles. The Kier molecular flexibility index (Phi) is 2.77. The maximum Gasteiger partial charge on any atom is 0.217 e. The van der Waals surface area contributed by atoms with Crippen molar-refractivity contribution in [3.05, 3.63) is 29.3 Å². The first-order valence-electron chi connectivity index (χ1n) is 5.13. The molecule has 1 aromatic rings. The van der Waals surface area contributed by atoms with E-state index in [-0.39, 0.29) is 12.0 Å². The Morgan fingerprint density at radius 2 is 2.36 bits per heavy atom. The predicted molar refractivity (Wildman–Crippen MR) is 53.5 cm³/mol. The van der Waals surface area contributed by atoms with Crippen LogP contribution in [0.3, 0.4) is 0 Å². The minimum Gasteiger partial charge on any atom is -0.310 e. The Balaban J connectivity index is 2.24. The molecular weight excluding hydrogens is 179 g/mol. The second-order valence-corrected chi connectivity index (χ2v) is 3.90. The van der Waals surface area contributed by atoms with Crippen LogP contribution in [0.5, 0.6) is 0 Å². The average molecular weight is 194 g/mol. The Morgan fingerprint density at radius 3 is 3.07 bits per heavy atom. The molecule has 3 heteroatoms. The van der Waals surface area contributed by atoms with E-state index >= 15 is 0 Å². The average Bonchev–Trinajstić information content (AvgIpc) is 2.23. The molecule has 0 saturated carbocycles. The fourth-order valence-corrected chi connectivity index (χ4v) is 1.94. The van der Waals surface area contributed by atoms with Crippen molar-refractivity contribution in [3.8, 4) is 0 Å². The number of pyridine rings is 1. The molecule has 0 bridgehead atoms. The first kappa shape index (κ1) is 9.59. The van der Waals surface area contributed by atoms with E-state index in [0.29, 0.717) is 0 Å². The third kappa shape index (κ3) is 1.93. The zero-order chi connectivity index (χ0) is 9.97. The highest BCUT2D eigenvalue weighted by Gasteiger charge is 2.18. The van der Waals surface area contributed by atoms with Crippen LogP contribution in [0.2, 0.25) is 0 Å². The van der Waals surface area contributed by atoms with Gasteiger partial charge in [0.15, 0.2) is 0 Å². The molecule has 1 aliphatic rings. The number of aromatic nitrogens is 1. The van der Waals surface area contributed by atoms with E-state index in [9.17, 15) is 4.39 Å². The number of nitrogens with one attached hydrogen (secondary N) is 1. The molecule has 1 atom stereocenters. The van der Waals surface area contributed by atoms with Crippen molar-refractivity contribution in [1.82, 2.24) is 10.3 Å². The lowest BCUT2D eigenvalue weighted by atomic mass is 9.98. The van der Waals surface area contributed by atoms with Crippen LogP contribution in [0.25, 0.3) is 0 Å². The van der Waals surface area contributed by atoms with Crippen molar-refractivity contribution in [2.45, 2.75) is 32.2 Å². The van der Waals surface area contributed by atoms with E-state index in [2.05, 4.69) is 10.3 Å². The van der Waals surface area contributed by atoms with Crippen molar-refractivity contribution in [3.63, 3.8) is 0 Å². The lowest BCUT2D eigenvalue weighted by molar-refractivity contribution is 0.395. The number of halogens is 1. The number of rotatable bonds is 1. The second-order valence-electron chi connectivity index (χ2n) is 3.90. The third-order valence-electron chi connectivity index (χ3n) is 2.69. The summed E-state index contributed by atoms with van der Waals surface area (Å²) in [6.07, 6.45) is 4.95. The van der Waals surface area contributed by atoms with Gasteiger partial charge in [-0.3, -0.25) is 0 Å². The SMILES string of the molecule is Cc1cnc(F)c([C@@H]2CCCCN2)c1. The summed E-state index contributed by atoms with van der Waals surface area (Å²) in [7, 11) is 0. The fraction of sp³-hybridized carbons (Fsp3) is 0.545. The predicted octanol–water partition coefficient (Wildman–Crippen LogP) is 2.34. The highest BCUT2D eigenvalue weighted by atomic mass is 19.1. The molecule has 0 aromatic carbocycles. The largest absolute Gasteiger partial charge is 0.310 e. The first-order chi connectivity index (χ1) is 6.77. The molecule has 0 amide bonds. The third-order valence-corrected chi connectivity index (χ3v) is 2.69. The van der Waals surface area contributed by atoms with E-state index in [1.54, 1.807) is 6.20 Å². The fourth-order valence-electron chi connectivity index (χ4n) is 1.94. The molecule has 0 unspecified atom stereocenters. The van der Waals surface area contributed by atoms with Crippen molar-refractivity contribution < 1.29 is 4.39 Å². The summed E-state index contributed by atoms with van der Waals surface area (Å²) in [6.45, 7) is 2.93. The van der Waals surface area contributed by atoms with E-state index in [4.69, 9.17) is 0 Å². The molecule has 1 aliphatic heterocycles. The highest BCUT2D eigenvalue weighted by Crippen LogP contribution is 2.24. The van der Waals surface area contributed by atoms with E-state index in [0.717, 1.165) is 24.1 Å². The standard InChI is InChI=1S/C11H15FN2/c1-8-6-9(11(12)14-7-8)10-4-2-3-5-13-10/h6-7,10,13H,2-5H2,1H3/t10-/m0/s1. The van der Waals surface area contributed by atoms with Gasteiger partial charge in [-0.1, -0.05) is 6.42 Å². The maximum absolute atomic E-state index is 13.4. The quantitative estimate of drug-likeness (QED) is 0.694. The molecule has 14 heavy (non-hydrogen) atoms. The molecule has 2 rings (SSSR count). The Morgan fingerprint density at radius 1 is 1.50 bits per heavy atom. The van der Waals surface area contributed by atoms with Gasteiger partial charge in [-0.05, 0) is 37.9 Å². The van der Waals surface area contributed by atoms with E-state index in [1.807, 2.05) is 13.0 Å². The highest BCUT2D eigenvalue weighted by molar-refractivity contribution is 5.21. The molecule has 0 radical (unpaired) electrons. The lowest BCUT2D eigenvalue weighted by Gasteiger charge is -2.23. The van der Waals surface area contributed by atoms with Crippen LogP contribution in [0.15, 0.2) is 12.3 Å². The van der Waals surface area contributed by atoms with Crippen molar-refractivity contribution in [2.75, 3.05) is 6.54 Å². The minimum atomic E-state index is -0.324. The molecule has 1 saturated heterocycles. The maximum atomic E-state index is 13.4. The second kappa shape index (κ2) is 4.05. The smallest absolute Gasteiger partial charge is 0.217 e. The van der Waals surface area contributed by atoms with Gasteiger partial charge in [-0.25, -0.2) is 4.98 Å². The Hall–Kier alpha value is -0.960. The monoisotopic (exact) mass is 194 g/mol. The normalized spacial score (nSPS) is 22.3. The summed E-state index contributed by atoms with van der Waals surface area (Å²) < 4.78 is 13.4. The van der Waals surface area contributed by atoms with Crippen LogP contribution < -0.4 is 5.32 Å². The molecule has 1 N–H and O–H groups in total. The van der Waals surface area contributed by atoms with Crippen LogP contribution in [-0.2, 0) is 0 Å². The molecule has 76 valence electrons. The summed E-state index contributed by atoms with van der Waals surface area (Å²) in [4.78, 5) is 3.75. The van der Waals surface area contributed by atoms with Gasteiger partial charge in [0.25, 0.3) is 0 Å². The number of piperidine rings is 1. The Bertz CT molecular complexity index is 319. The molecule has 0 spiro atoms. The summed E-state index contributed by atoms with van der Waals surface area (Å²) in [5, 5.41) is 3.32. The molecule has 2 nitrogen and oxygen atoms in total. The number of nitrogens with zero attached hydrogens (tertiary/aromatic N) is 1. The van der Waals surface area contributed by atoms with Gasteiger partial charge >= 0.3 is 0 Å². The minimum absolute atomic E-state index is 0.163. The summed E-state index contributed by atoms with van der Waals surface area (Å²) >= 11 is 0. The zero-order valence-corrected chi connectivity index (χ0v) is 8.39. The van der Waals surface area contributed by atoms with Gasteiger partial charge in [0.2, 0.25) is 5.95 Å². The van der Waals surface area contributed by atoms with Crippen LogP contribution in [-0.4, -0.2) is 11.5 Å². The van der Waals surface area contributed by atoms with Gasteiger partial charge in [0.1, 0.15) is 0 Å².